The second kappa shape index (κ2) is 3.61. The average Bonchev–Trinajstić information content (AvgIpc) is 2.16. The van der Waals surface area contributed by atoms with E-state index in [-0.39, 0.29) is 11.8 Å². The Morgan fingerprint density at radius 3 is 2.67 bits per heavy atom. The van der Waals surface area contributed by atoms with Crippen LogP contribution in [0.4, 0.5) is 10.3 Å². The SMILES string of the molecule is Cc1cc(F)cc(-c2ncnc(N)n2)c1. The van der Waals surface area contributed by atoms with Gasteiger partial charge in [0.2, 0.25) is 5.95 Å². The second-order valence-electron chi connectivity index (χ2n) is 3.18. The summed E-state index contributed by atoms with van der Waals surface area (Å²) >= 11 is 0. The van der Waals surface area contributed by atoms with E-state index >= 15 is 0 Å². The number of nitrogens with zero attached hydrogens (tertiary/aromatic N) is 3. The number of halogens is 1. The topological polar surface area (TPSA) is 64.7 Å². The van der Waals surface area contributed by atoms with Gasteiger partial charge in [0.1, 0.15) is 12.1 Å². The van der Waals surface area contributed by atoms with Crippen LogP contribution in [0.25, 0.3) is 11.4 Å². The van der Waals surface area contributed by atoms with Crippen molar-refractivity contribution in [1.29, 1.82) is 0 Å². The van der Waals surface area contributed by atoms with Crippen LogP contribution in [0.15, 0.2) is 24.5 Å². The van der Waals surface area contributed by atoms with Crippen molar-refractivity contribution in [3.05, 3.63) is 35.9 Å². The number of nitrogen functional groups attached to an aromatic ring is 1. The van der Waals surface area contributed by atoms with Gasteiger partial charge in [-0.05, 0) is 30.7 Å². The zero-order valence-corrected chi connectivity index (χ0v) is 8.11. The van der Waals surface area contributed by atoms with E-state index in [0.717, 1.165) is 5.56 Å². The second-order valence-corrected chi connectivity index (χ2v) is 3.18. The molecule has 0 aliphatic heterocycles. The van der Waals surface area contributed by atoms with Crippen LogP contribution >= 0.6 is 0 Å². The van der Waals surface area contributed by atoms with Gasteiger partial charge in [-0.3, -0.25) is 0 Å². The minimum atomic E-state index is -0.316. The van der Waals surface area contributed by atoms with E-state index < -0.39 is 0 Å². The Bertz CT molecular complexity index is 478. The third-order valence-electron chi connectivity index (χ3n) is 1.89. The molecule has 76 valence electrons. The predicted molar refractivity (Wildman–Crippen MR) is 54.4 cm³/mol. The molecule has 0 saturated heterocycles. The first-order valence-electron chi connectivity index (χ1n) is 4.37. The summed E-state index contributed by atoms with van der Waals surface area (Å²) in [4.78, 5) is 11.5. The zero-order valence-electron chi connectivity index (χ0n) is 8.11. The fourth-order valence-electron chi connectivity index (χ4n) is 1.31. The molecule has 0 unspecified atom stereocenters. The molecule has 1 aromatic carbocycles. The molecule has 0 saturated carbocycles. The Morgan fingerprint density at radius 2 is 2.00 bits per heavy atom. The van der Waals surface area contributed by atoms with Crippen LogP contribution in [0.3, 0.4) is 0 Å². The van der Waals surface area contributed by atoms with E-state index in [2.05, 4.69) is 15.0 Å². The summed E-state index contributed by atoms with van der Waals surface area (Å²) in [5.74, 6) is 0.191. The van der Waals surface area contributed by atoms with Crippen LogP contribution in [-0.4, -0.2) is 15.0 Å². The highest BCUT2D eigenvalue weighted by atomic mass is 19.1. The molecule has 0 fully saturated rings. The molecule has 0 spiro atoms. The van der Waals surface area contributed by atoms with Gasteiger partial charge in [0, 0.05) is 5.56 Å². The van der Waals surface area contributed by atoms with E-state index in [1.165, 1.54) is 18.5 Å². The number of hydrogen-bond acceptors (Lipinski definition) is 4. The summed E-state index contributed by atoms with van der Waals surface area (Å²) in [5.41, 5.74) is 6.82. The van der Waals surface area contributed by atoms with Crippen molar-refractivity contribution in [2.75, 3.05) is 5.73 Å². The van der Waals surface area contributed by atoms with Crippen LogP contribution in [0.1, 0.15) is 5.56 Å². The van der Waals surface area contributed by atoms with Crippen LogP contribution in [0.2, 0.25) is 0 Å². The molecule has 0 radical (unpaired) electrons. The number of hydrogen-bond donors (Lipinski definition) is 1. The maximum absolute atomic E-state index is 13.1. The van der Waals surface area contributed by atoms with Gasteiger partial charge in [-0.25, -0.2) is 14.4 Å². The van der Waals surface area contributed by atoms with Crippen LogP contribution in [0.5, 0.6) is 0 Å². The minimum absolute atomic E-state index is 0.127. The minimum Gasteiger partial charge on any atom is -0.368 e. The van der Waals surface area contributed by atoms with Crippen molar-refractivity contribution in [3.8, 4) is 11.4 Å². The molecular formula is C10H9FN4. The molecule has 5 heteroatoms. The lowest BCUT2D eigenvalue weighted by Gasteiger charge is -2.01. The summed E-state index contributed by atoms with van der Waals surface area (Å²) in [6, 6.07) is 4.59. The number of rotatable bonds is 1. The first-order chi connectivity index (χ1) is 7.15. The normalized spacial score (nSPS) is 10.3. The van der Waals surface area contributed by atoms with Crippen LogP contribution in [0, 0.1) is 12.7 Å². The molecule has 2 aromatic rings. The molecule has 0 aliphatic carbocycles. The lowest BCUT2D eigenvalue weighted by Crippen LogP contribution is -1.98. The molecule has 15 heavy (non-hydrogen) atoms. The molecule has 4 nitrogen and oxygen atoms in total. The van der Waals surface area contributed by atoms with Crippen molar-refractivity contribution in [2.24, 2.45) is 0 Å². The first-order valence-corrected chi connectivity index (χ1v) is 4.37. The van der Waals surface area contributed by atoms with Gasteiger partial charge < -0.3 is 5.73 Å². The van der Waals surface area contributed by atoms with Crippen LogP contribution < -0.4 is 5.73 Å². The Kier molecular flexibility index (Phi) is 2.29. The van der Waals surface area contributed by atoms with Crippen molar-refractivity contribution in [2.45, 2.75) is 6.92 Å². The number of benzene rings is 1. The fourth-order valence-corrected chi connectivity index (χ4v) is 1.31. The van der Waals surface area contributed by atoms with E-state index in [1.807, 2.05) is 0 Å². The zero-order chi connectivity index (χ0) is 10.8. The van der Waals surface area contributed by atoms with E-state index in [0.29, 0.717) is 11.4 Å². The number of aryl methyl sites for hydroxylation is 1. The lowest BCUT2D eigenvalue weighted by atomic mass is 10.1. The van der Waals surface area contributed by atoms with Crippen LogP contribution in [-0.2, 0) is 0 Å². The van der Waals surface area contributed by atoms with Crippen molar-refractivity contribution in [1.82, 2.24) is 15.0 Å². The molecule has 0 amide bonds. The molecule has 0 bridgehead atoms. The standard InChI is InChI=1S/C10H9FN4/c1-6-2-7(4-8(11)3-6)9-13-5-14-10(12)15-9/h2-5H,1H3,(H2,12,13,14,15). The summed E-state index contributed by atoms with van der Waals surface area (Å²) < 4.78 is 13.1. The summed E-state index contributed by atoms with van der Waals surface area (Å²) in [6.07, 6.45) is 1.30. The Balaban J connectivity index is 2.54. The lowest BCUT2D eigenvalue weighted by molar-refractivity contribution is 0.627. The van der Waals surface area contributed by atoms with Gasteiger partial charge in [-0.1, -0.05) is 0 Å². The predicted octanol–water partition coefficient (Wildman–Crippen LogP) is 1.57. The molecule has 1 aromatic heterocycles. The molecular weight excluding hydrogens is 195 g/mol. The monoisotopic (exact) mass is 204 g/mol. The van der Waals surface area contributed by atoms with E-state index in [1.54, 1.807) is 13.0 Å². The van der Waals surface area contributed by atoms with Gasteiger partial charge in [0.25, 0.3) is 0 Å². The third kappa shape index (κ3) is 2.07. The molecule has 2 N–H and O–H groups in total. The Hall–Kier alpha value is -2.04. The van der Waals surface area contributed by atoms with Gasteiger partial charge >= 0.3 is 0 Å². The van der Waals surface area contributed by atoms with Gasteiger partial charge in [0.15, 0.2) is 5.82 Å². The molecule has 0 aliphatic rings. The maximum atomic E-state index is 13.1. The van der Waals surface area contributed by atoms with Crippen molar-refractivity contribution < 1.29 is 4.39 Å². The summed E-state index contributed by atoms with van der Waals surface area (Å²) in [6.45, 7) is 1.80. The molecule has 2 rings (SSSR count). The fraction of sp³-hybridized carbons (Fsp3) is 0.100. The number of aromatic nitrogens is 3. The highest BCUT2D eigenvalue weighted by Gasteiger charge is 2.04. The molecule has 0 atom stereocenters. The highest BCUT2D eigenvalue weighted by Crippen LogP contribution is 2.17. The van der Waals surface area contributed by atoms with Crippen molar-refractivity contribution in [3.63, 3.8) is 0 Å². The Morgan fingerprint density at radius 1 is 1.20 bits per heavy atom. The summed E-state index contributed by atoms with van der Waals surface area (Å²) in [7, 11) is 0. The quantitative estimate of drug-likeness (QED) is 0.765. The average molecular weight is 204 g/mol. The molecule has 1 heterocycles. The van der Waals surface area contributed by atoms with E-state index in [4.69, 9.17) is 5.73 Å². The van der Waals surface area contributed by atoms with Gasteiger partial charge in [0.05, 0.1) is 0 Å². The van der Waals surface area contributed by atoms with E-state index in [9.17, 15) is 4.39 Å². The maximum Gasteiger partial charge on any atom is 0.223 e. The largest absolute Gasteiger partial charge is 0.368 e. The first kappa shape index (κ1) is 9.51. The van der Waals surface area contributed by atoms with Gasteiger partial charge in [-0.15, -0.1) is 0 Å². The van der Waals surface area contributed by atoms with Crippen molar-refractivity contribution >= 4 is 5.95 Å². The Labute approximate surface area is 86.0 Å². The smallest absolute Gasteiger partial charge is 0.223 e. The number of anilines is 1. The summed E-state index contributed by atoms with van der Waals surface area (Å²) in [5, 5.41) is 0. The van der Waals surface area contributed by atoms with Gasteiger partial charge in [-0.2, -0.15) is 4.98 Å². The number of nitrogens with two attached hydrogens (primary N) is 1. The third-order valence-corrected chi connectivity index (χ3v) is 1.89. The highest BCUT2D eigenvalue weighted by molar-refractivity contribution is 5.56.